The molecule has 2 aliphatic rings. The minimum atomic E-state index is 0.711. The van der Waals surface area contributed by atoms with Crippen LogP contribution in [-0.4, -0.2) is 39.9 Å². The van der Waals surface area contributed by atoms with Crippen LogP contribution in [0, 0.1) is 6.92 Å². The number of nitrogens with one attached hydrogen (secondary N) is 1. The van der Waals surface area contributed by atoms with Crippen LogP contribution in [0.3, 0.4) is 0 Å². The van der Waals surface area contributed by atoms with E-state index in [2.05, 4.69) is 22.2 Å². The number of hydrogen-bond acceptors (Lipinski definition) is 3. The molecule has 1 aromatic heterocycles. The van der Waals surface area contributed by atoms with Crippen molar-refractivity contribution in [3.8, 4) is 0 Å². The second kappa shape index (κ2) is 5.02. The van der Waals surface area contributed by atoms with E-state index in [4.69, 9.17) is 0 Å². The van der Waals surface area contributed by atoms with E-state index >= 15 is 0 Å². The molecule has 1 saturated heterocycles. The van der Waals surface area contributed by atoms with Gasteiger partial charge in [0.2, 0.25) is 0 Å². The van der Waals surface area contributed by atoms with E-state index in [1.54, 1.807) is 0 Å². The number of aryl methyl sites for hydroxylation is 1. The van der Waals surface area contributed by atoms with Gasteiger partial charge in [-0.2, -0.15) is 5.10 Å². The van der Waals surface area contributed by atoms with Crippen molar-refractivity contribution in [1.82, 2.24) is 20.0 Å². The zero-order valence-corrected chi connectivity index (χ0v) is 11.5. The van der Waals surface area contributed by atoms with Gasteiger partial charge in [0.25, 0.3) is 0 Å². The van der Waals surface area contributed by atoms with Gasteiger partial charge in [-0.1, -0.05) is 0 Å². The molecule has 1 atom stereocenters. The molecule has 1 N–H and O–H groups in total. The maximum absolute atomic E-state index is 4.33. The Hall–Kier alpha value is -0.870. The molecule has 1 aromatic rings. The van der Waals surface area contributed by atoms with Crippen LogP contribution in [0.15, 0.2) is 6.20 Å². The van der Waals surface area contributed by atoms with Gasteiger partial charge in [0.1, 0.15) is 0 Å². The minimum Gasteiger partial charge on any atom is -0.310 e. The molecule has 1 unspecified atom stereocenters. The molecule has 0 spiro atoms. The van der Waals surface area contributed by atoms with Gasteiger partial charge in [-0.05, 0) is 39.2 Å². The predicted octanol–water partition coefficient (Wildman–Crippen LogP) is 1.44. The van der Waals surface area contributed by atoms with Crippen molar-refractivity contribution in [2.45, 2.75) is 51.2 Å². The summed E-state index contributed by atoms with van der Waals surface area (Å²) in [7, 11) is 2.02. The fourth-order valence-electron chi connectivity index (χ4n) is 2.86. The number of likely N-dealkylation sites (tertiary alicyclic amines) is 1. The molecule has 3 rings (SSSR count). The van der Waals surface area contributed by atoms with Crippen LogP contribution < -0.4 is 5.32 Å². The summed E-state index contributed by atoms with van der Waals surface area (Å²) in [6.45, 7) is 5.65. The van der Waals surface area contributed by atoms with E-state index < -0.39 is 0 Å². The lowest BCUT2D eigenvalue weighted by molar-refractivity contribution is 0.182. The van der Waals surface area contributed by atoms with Crippen LogP contribution in [0.1, 0.15) is 36.9 Å². The van der Waals surface area contributed by atoms with E-state index in [1.807, 2.05) is 17.9 Å². The molecule has 0 radical (unpaired) electrons. The van der Waals surface area contributed by atoms with Crippen molar-refractivity contribution in [2.24, 2.45) is 7.05 Å². The van der Waals surface area contributed by atoms with Crippen molar-refractivity contribution >= 4 is 0 Å². The lowest BCUT2D eigenvalue weighted by Gasteiger charge is -2.33. The number of hydrogen-bond donors (Lipinski definition) is 1. The molecule has 1 aliphatic carbocycles. The lowest BCUT2D eigenvalue weighted by Crippen LogP contribution is -2.46. The van der Waals surface area contributed by atoms with Gasteiger partial charge < -0.3 is 5.32 Å². The van der Waals surface area contributed by atoms with Gasteiger partial charge in [-0.25, -0.2) is 0 Å². The highest BCUT2D eigenvalue weighted by Gasteiger charge is 2.27. The third kappa shape index (κ3) is 2.75. The van der Waals surface area contributed by atoms with Gasteiger partial charge in [0, 0.05) is 43.5 Å². The third-order valence-electron chi connectivity index (χ3n) is 4.29. The van der Waals surface area contributed by atoms with Crippen LogP contribution in [-0.2, 0) is 13.6 Å². The molecule has 1 saturated carbocycles. The van der Waals surface area contributed by atoms with Crippen LogP contribution >= 0.6 is 0 Å². The molecule has 4 nitrogen and oxygen atoms in total. The molecule has 1 aliphatic heterocycles. The van der Waals surface area contributed by atoms with E-state index in [1.165, 1.54) is 50.0 Å². The standard InChI is InChI=1S/C14H24N4/c1-11-12(8-15-17(11)2)9-18-7-3-4-14(10-18)16-13-5-6-13/h8,13-14,16H,3-7,9-10H2,1-2H3. The molecule has 2 fully saturated rings. The molecule has 18 heavy (non-hydrogen) atoms. The second-order valence-electron chi connectivity index (χ2n) is 5.89. The zero-order chi connectivity index (χ0) is 12.5. The molecular weight excluding hydrogens is 224 g/mol. The Bertz CT molecular complexity index is 408. The van der Waals surface area contributed by atoms with Gasteiger partial charge in [-0.3, -0.25) is 9.58 Å². The predicted molar refractivity (Wildman–Crippen MR) is 72.4 cm³/mol. The van der Waals surface area contributed by atoms with Gasteiger partial charge >= 0.3 is 0 Å². The Labute approximate surface area is 109 Å². The third-order valence-corrected chi connectivity index (χ3v) is 4.29. The van der Waals surface area contributed by atoms with Crippen molar-refractivity contribution in [3.05, 3.63) is 17.5 Å². The Balaban J connectivity index is 1.56. The highest BCUT2D eigenvalue weighted by molar-refractivity contribution is 5.15. The molecular formula is C14H24N4. The Morgan fingerprint density at radius 3 is 2.83 bits per heavy atom. The topological polar surface area (TPSA) is 33.1 Å². The molecule has 0 bridgehead atoms. The maximum atomic E-state index is 4.33. The van der Waals surface area contributed by atoms with Gasteiger partial charge in [0.05, 0.1) is 6.20 Å². The first-order valence-electron chi connectivity index (χ1n) is 7.18. The van der Waals surface area contributed by atoms with Crippen LogP contribution in [0.5, 0.6) is 0 Å². The van der Waals surface area contributed by atoms with Crippen LogP contribution in [0.25, 0.3) is 0 Å². The summed E-state index contributed by atoms with van der Waals surface area (Å²) in [5.74, 6) is 0. The normalized spacial score (nSPS) is 25.6. The maximum Gasteiger partial charge on any atom is 0.0537 e. The van der Waals surface area contributed by atoms with Crippen LogP contribution in [0.2, 0.25) is 0 Å². The first kappa shape index (κ1) is 12.2. The summed E-state index contributed by atoms with van der Waals surface area (Å²) in [6.07, 6.45) is 7.46. The quantitative estimate of drug-likeness (QED) is 0.875. The monoisotopic (exact) mass is 248 g/mol. The van der Waals surface area contributed by atoms with Crippen molar-refractivity contribution in [1.29, 1.82) is 0 Å². The van der Waals surface area contributed by atoms with Crippen molar-refractivity contribution in [3.63, 3.8) is 0 Å². The average Bonchev–Trinajstić information content (AvgIpc) is 3.12. The Morgan fingerprint density at radius 2 is 2.17 bits per heavy atom. The Kier molecular flexibility index (Phi) is 3.39. The van der Waals surface area contributed by atoms with E-state index in [0.717, 1.165) is 12.6 Å². The molecule has 0 amide bonds. The highest BCUT2D eigenvalue weighted by atomic mass is 15.3. The number of aromatic nitrogens is 2. The summed E-state index contributed by atoms with van der Waals surface area (Å²) in [6, 6.07) is 1.54. The summed E-state index contributed by atoms with van der Waals surface area (Å²) >= 11 is 0. The SMILES string of the molecule is Cc1c(CN2CCCC(NC3CC3)C2)cnn1C. The summed E-state index contributed by atoms with van der Waals surface area (Å²) in [5, 5.41) is 8.10. The molecule has 4 heteroatoms. The van der Waals surface area contributed by atoms with E-state index in [9.17, 15) is 0 Å². The van der Waals surface area contributed by atoms with Gasteiger partial charge in [-0.15, -0.1) is 0 Å². The number of rotatable bonds is 4. The summed E-state index contributed by atoms with van der Waals surface area (Å²) in [4.78, 5) is 2.58. The van der Waals surface area contributed by atoms with Gasteiger partial charge in [0.15, 0.2) is 0 Å². The highest BCUT2D eigenvalue weighted by Crippen LogP contribution is 2.22. The average molecular weight is 248 g/mol. The largest absolute Gasteiger partial charge is 0.310 e. The van der Waals surface area contributed by atoms with Crippen molar-refractivity contribution < 1.29 is 0 Å². The fourth-order valence-corrected chi connectivity index (χ4v) is 2.86. The zero-order valence-electron chi connectivity index (χ0n) is 11.5. The molecule has 2 heterocycles. The lowest BCUT2D eigenvalue weighted by atomic mass is 10.0. The number of nitrogens with zero attached hydrogens (tertiary/aromatic N) is 3. The van der Waals surface area contributed by atoms with E-state index in [-0.39, 0.29) is 0 Å². The summed E-state index contributed by atoms with van der Waals surface area (Å²) < 4.78 is 1.97. The first-order valence-corrected chi connectivity index (χ1v) is 7.18. The molecule has 0 aromatic carbocycles. The molecule has 100 valence electrons. The first-order chi connectivity index (χ1) is 8.72. The van der Waals surface area contributed by atoms with Crippen molar-refractivity contribution in [2.75, 3.05) is 13.1 Å². The van der Waals surface area contributed by atoms with E-state index in [0.29, 0.717) is 6.04 Å². The second-order valence-corrected chi connectivity index (χ2v) is 5.89. The number of piperidine rings is 1. The Morgan fingerprint density at radius 1 is 1.33 bits per heavy atom. The van der Waals surface area contributed by atoms with Crippen LogP contribution in [0.4, 0.5) is 0 Å². The smallest absolute Gasteiger partial charge is 0.0537 e. The minimum absolute atomic E-state index is 0.711. The fraction of sp³-hybridized carbons (Fsp3) is 0.786. The summed E-state index contributed by atoms with van der Waals surface area (Å²) in [5.41, 5.74) is 2.68.